The Morgan fingerprint density at radius 2 is 1.74 bits per heavy atom. The number of carbonyl (C=O) groups is 1. The first-order valence-electron chi connectivity index (χ1n) is 6.86. The number of likely N-dealkylation sites (N-methyl/N-ethyl adjacent to an activating group) is 1. The number of carbonyl (C=O) groups excluding carboxylic acids is 1. The molecule has 0 heterocycles. The zero-order chi connectivity index (χ0) is 15.4. The van der Waals surface area contributed by atoms with Crippen LogP contribution in [0.4, 0.5) is 0 Å². The lowest BCUT2D eigenvalue weighted by atomic mass is 9.87. The Hall–Kier alpha value is -1.08. The Labute approximate surface area is 118 Å². The Bertz CT molecular complexity index is 351. The minimum absolute atomic E-state index is 0.0757. The van der Waals surface area contributed by atoms with Gasteiger partial charge in [-0.1, -0.05) is 34.6 Å². The Morgan fingerprint density at radius 1 is 1.26 bits per heavy atom. The molecule has 0 rings (SSSR count). The second-order valence-corrected chi connectivity index (χ2v) is 6.97. The maximum Gasteiger partial charge on any atom is 0.235 e. The zero-order valence-corrected chi connectivity index (χ0v) is 13.7. The molecule has 0 aromatic rings. The van der Waals surface area contributed by atoms with Crippen LogP contribution in [0.3, 0.4) is 0 Å². The number of nitrogens with zero attached hydrogens (tertiary/aromatic N) is 2. The molecular weight excluding hydrogens is 238 g/mol. The number of nitriles is 1. The van der Waals surface area contributed by atoms with Crippen molar-refractivity contribution < 1.29 is 4.79 Å². The smallest absolute Gasteiger partial charge is 0.235 e. The van der Waals surface area contributed by atoms with Gasteiger partial charge >= 0.3 is 0 Å². The minimum Gasteiger partial charge on any atom is -0.337 e. The summed E-state index contributed by atoms with van der Waals surface area (Å²) in [5.74, 6) is -0.0249. The topological polar surface area (TPSA) is 56.1 Å². The zero-order valence-electron chi connectivity index (χ0n) is 13.7. The van der Waals surface area contributed by atoms with Crippen molar-refractivity contribution in [2.24, 2.45) is 11.3 Å². The van der Waals surface area contributed by atoms with Crippen LogP contribution in [0.2, 0.25) is 0 Å². The van der Waals surface area contributed by atoms with E-state index in [9.17, 15) is 10.1 Å². The Kier molecular flexibility index (Phi) is 6.02. The molecular formula is C15H29N3O. The first-order valence-corrected chi connectivity index (χ1v) is 6.86. The molecule has 0 spiro atoms. The molecule has 1 amide bonds. The molecule has 0 aromatic carbocycles. The van der Waals surface area contributed by atoms with E-state index < -0.39 is 5.54 Å². The molecule has 4 heteroatoms. The average Bonchev–Trinajstić information content (AvgIpc) is 2.25. The maximum absolute atomic E-state index is 12.1. The summed E-state index contributed by atoms with van der Waals surface area (Å²) in [6, 6.07) is 2.47. The van der Waals surface area contributed by atoms with E-state index >= 15 is 0 Å². The molecule has 0 aliphatic rings. The molecule has 2 atom stereocenters. The largest absolute Gasteiger partial charge is 0.337 e. The molecule has 1 N–H and O–H groups in total. The van der Waals surface area contributed by atoms with Gasteiger partial charge in [0.05, 0.1) is 12.6 Å². The van der Waals surface area contributed by atoms with E-state index in [0.717, 1.165) is 0 Å². The summed E-state index contributed by atoms with van der Waals surface area (Å²) in [5.41, 5.74) is -0.686. The highest BCUT2D eigenvalue weighted by Crippen LogP contribution is 2.22. The van der Waals surface area contributed by atoms with Gasteiger partial charge in [-0.3, -0.25) is 9.69 Å². The molecule has 19 heavy (non-hydrogen) atoms. The monoisotopic (exact) mass is 267 g/mol. The van der Waals surface area contributed by atoms with Gasteiger partial charge in [-0.25, -0.2) is 0 Å². The lowest BCUT2D eigenvalue weighted by Crippen LogP contribution is -2.53. The summed E-state index contributed by atoms with van der Waals surface area (Å²) >= 11 is 0. The van der Waals surface area contributed by atoms with Gasteiger partial charge < -0.3 is 5.32 Å². The highest BCUT2D eigenvalue weighted by atomic mass is 16.2. The van der Waals surface area contributed by atoms with Crippen molar-refractivity contribution in [3.05, 3.63) is 0 Å². The van der Waals surface area contributed by atoms with Crippen LogP contribution in [-0.4, -0.2) is 36.0 Å². The van der Waals surface area contributed by atoms with Crippen LogP contribution in [-0.2, 0) is 4.79 Å². The fourth-order valence-corrected chi connectivity index (χ4v) is 1.66. The van der Waals surface area contributed by atoms with Crippen LogP contribution < -0.4 is 5.32 Å². The molecule has 0 radical (unpaired) electrons. The van der Waals surface area contributed by atoms with Crippen LogP contribution in [0, 0.1) is 22.7 Å². The second-order valence-electron chi connectivity index (χ2n) is 6.97. The predicted molar refractivity (Wildman–Crippen MR) is 78.5 cm³/mol. The lowest BCUT2D eigenvalue weighted by Gasteiger charge is -2.36. The quantitative estimate of drug-likeness (QED) is 0.832. The van der Waals surface area contributed by atoms with Crippen molar-refractivity contribution in [2.75, 3.05) is 13.6 Å². The average molecular weight is 267 g/mol. The van der Waals surface area contributed by atoms with Crippen LogP contribution in [0.15, 0.2) is 0 Å². The Morgan fingerprint density at radius 3 is 2.05 bits per heavy atom. The van der Waals surface area contributed by atoms with Crippen molar-refractivity contribution in [3.63, 3.8) is 0 Å². The van der Waals surface area contributed by atoms with Gasteiger partial charge in [-0.15, -0.1) is 0 Å². The van der Waals surface area contributed by atoms with Gasteiger partial charge in [-0.2, -0.15) is 5.26 Å². The van der Waals surface area contributed by atoms with Crippen LogP contribution in [0.1, 0.15) is 48.5 Å². The molecule has 0 saturated carbocycles. The SMILES string of the molecule is CC(C)[C@@](C)(C#N)NC(=O)CN(C)[C@@H](C)C(C)(C)C. The standard InChI is InChI=1S/C15H29N3O/c1-11(2)15(7,10-16)17-13(19)9-18(8)12(3)14(4,5)6/h11-12H,9H2,1-8H3,(H,17,19)/t12-,15+/m0/s1. The highest BCUT2D eigenvalue weighted by molar-refractivity contribution is 5.79. The van der Waals surface area contributed by atoms with Crippen molar-refractivity contribution in [1.29, 1.82) is 5.26 Å². The van der Waals surface area contributed by atoms with Crippen molar-refractivity contribution in [1.82, 2.24) is 10.2 Å². The summed E-state index contributed by atoms with van der Waals surface area (Å²) < 4.78 is 0. The van der Waals surface area contributed by atoms with Gasteiger partial charge in [0, 0.05) is 6.04 Å². The fourth-order valence-electron chi connectivity index (χ4n) is 1.66. The summed E-state index contributed by atoms with van der Waals surface area (Å²) in [6.07, 6.45) is 0. The van der Waals surface area contributed by atoms with Crippen LogP contribution >= 0.6 is 0 Å². The number of amides is 1. The third kappa shape index (κ3) is 5.20. The van der Waals surface area contributed by atoms with Gasteiger partial charge in [0.15, 0.2) is 0 Å². The predicted octanol–water partition coefficient (Wildman–Crippen LogP) is 2.41. The third-order valence-corrected chi connectivity index (χ3v) is 4.09. The molecule has 0 aliphatic heterocycles. The third-order valence-electron chi connectivity index (χ3n) is 4.09. The summed E-state index contributed by atoms with van der Waals surface area (Å²) in [7, 11) is 1.94. The molecule has 0 aliphatic carbocycles. The molecule has 0 unspecified atom stereocenters. The number of hydrogen-bond acceptors (Lipinski definition) is 3. The van der Waals surface area contributed by atoms with E-state index in [0.29, 0.717) is 6.54 Å². The molecule has 0 bridgehead atoms. The normalized spacial score (nSPS) is 16.9. The summed E-state index contributed by atoms with van der Waals surface area (Å²) in [5, 5.41) is 12.0. The lowest BCUT2D eigenvalue weighted by molar-refractivity contribution is -0.124. The first kappa shape index (κ1) is 17.9. The van der Waals surface area contributed by atoms with Gasteiger partial charge in [-0.05, 0) is 32.2 Å². The number of hydrogen-bond donors (Lipinski definition) is 1. The van der Waals surface area contributed by atoms with E-state index in [1.165, 1.54) is 0 Å². The molecule has 0 saturated heterocycles. The second kappa shape index (κ2) is 6.38. The molecule has 0 fully saturated rings. The van der Waals surface area contributed by atoms with E-state index in [1.807, 2.05) is 25.8 Å². The number of rotatable bonds is 5. The van der Waals surface area contributed by atoms with Gasteiger partial charge in [0.25, 0.3) is 0 Å². The van der Waals surface area contributed by atoms with Crippen molar-refractivity contribution in [3.8, 4) is 6.07 Å². The molecule has 4 nitrogen and oxygen atoms in total. The van der Waals surface area contributed by atoms with Gasteiger partial charge in [0.1, 0.15) is 5.54 Å². The van der Waals surface area contributed by atoms with E-state index in [1.54, 1.807) is 6.92 Å². The van der Waals surface area contributed by atoms with Crippen LogP contribution in [0.25, 0.3) is 0 Å². The Balaban J connectivity index is 4.61. The highest BCUT2D eigenvalue weighted by Gasteiger charge is 2.31. The minimum atomic E-state index is -0.803. The van der Waals surface area contributed by atoms with Crippen LogP contribution in [0.5, 0.6) is 0 Å². The fraction of sp³-hybridized carbons (Fsp3) is 0.867. The van der Waals surface area contributed by atoms with Crippen molar-refractivity contribution >= 4 is 5.91 Å². The molecule has 0 aromatic heterocycles. The van der Waals surface area contributed by atoms with Gasteiger partial charge in [0.2, 0.25) is 5.91 Å². The van der Waals surface area contributed by atoms with E-state index in [4.69, 9.17) is 0 Å². The van der Waals surface area contributed by atoms with Crippen molar-refractivity contribution in [2.45, 2.75) is 60.0 Å². The van der Waals surface area contributed by atoms with E-state index in [2.05, 4.69) is 39.1 Å². The number of nitrogens with one attached hydrogen (secondary N) is 1. The van der Waals surface area contributed by atoms with E-state index in [-0.39, 0.29) is 23.3 Å². The first-order chi connectivity index (χ1) is 8.44. The summed E-state index contributed by atoms with van der Waals surface area (Å²) in [6.45, 7) is 14.5. The summed E-state index contributed by atoms with van der Waals surface area (Å²) in [4.78, 5) is 14.1. The molecule has 110 valence electrons. The maximum atomic E-state index is 12.1.